The van der Waals surface area contributed by atoms with Gasteiger partial charge < -0.3 is 14.5 Å². The first-order valence-electron chi connectivity index (χ1n) is 6.78. The fourth-order valence-corrected chi connectivity index (χ4v) is 2.70. The number of ether oxygens (including phenoxy) is 1. The van der Waals surface area contributed by atoms with E-state index in [0.29, 0.717) is 0 Å². The molecule has 0 fully saturated rings. The van der Waals surface area contributed by atoms with Crippen molar-refractivity contribution in [2.24, 2.45) is 0 Å². The van der Waals surface area contributed by atoms with E-state index in [9.17, 15) is 0 Å². The van der Waals surface area contributed by atoms with Gasteiger partial charge in [0.2, 0.25) is 0 Å². The number of furan rings is 1. The smallest absolute Gasteiger partial charge is 0.127 e. The van der Waals surface area contributed by atoms with E-state index < -0.39 is 0 Å². The van der Waals surface area contributed by atoms with Gasteiger partial charge in [0.15, 0.2) is 0 Å². The van der Waals surface area contributed by atoms with Crippen molar-refractivity contribution < 1.29 is 9.15 Å². The zero-order valence-corrected chi connectivity index (χ0v) is 11.4. The Kier molecular flexibility index (Phi) is 3.30. The van der Waals surface area contributed by atoms with Gasteiger partial charge in [-0.3, -0.25) is 0 Å². The monoisotopic (exact) mass is 257 g/mol. The molecule has 1 unspecified atom stereocenters. The Morgan fingerprint density at radius 3 is 2.84 bits per heavy atom. The zero-order valence-electron chi connectivity index (χ0n) is 11.4. The molecule has 0 bridgehead atoms. The van der Waals surface area contributed by atoms with Crippen molar-refractivity contribution in [2.75, 3.05) is 13.7 Å². The number of hydrogen-bond donors (Lipinski definition) is 1. The van der Waals surface area contributed by atoms with Crippen LogP contribution in [-0.4, -0.2) is 13.7 Å². The maximum atomic E-state index is 5.88. The number of aryl methyl sites for hydroxylation is 2. The molecule has 1 aliphatic rings. The van der Waals surface area contributed by atoms with Crippen molar-refractivity contribution in [1.29, 1.82) is 0 Å². The molecule has 3 rings (SSSR count). The van der Waals surface area contributed by atoms with Crippen LogP contribution in [0, 0.1) is 6.92 Å². The molecule has 1 N–H and O–H groups in total. The van der Waals surface area contributed by atoms with Gasteiger partial charge in [-0.15, -0.1) is 0 Å². The van der Waals surface area contributed by atoms with Gasteiger partial charge in [-0.1, -0.05) is 18.2 Å². The number of benzene rings is 1. The summed E-state index contributed by atoms with van der Waals surface area (Å²) in [5.41, 5.74) is 2.46. The van der Waals surface area contributed by atoms with Crippen LogP contribution in [0.25, 0.3) is 0 Å². The molecule has 100 valence electrons. The van der Waals surface area contributed by atoms with Gasteiger partial charge in [-0.05, 0) is 44.5 Å². The number of hydrogen-bond acceptors (Lipinski definition) is 3. The summed E-state index contributed by atoms with van der Waals surface area (Å²) in [5, 5.41) is 3.32. The molecule has 0 amide bonds. The molecule has 2 aromatic rings. The first kappa shape index (κ1) is 12.3. The Morgan fingerprint density at radius 2 is 2.11 bits per heavy atom. The molecule has 2 heterocycles. The van der Waals surface area contributed by atoms with Crippen LogP contribution in [0.5, 0.6) is 5.75 Å². The summed E-state index contributed by atoms with van der Waals surface area (Å²) in [4.78, 5) is 0. The molecule has 3 heteroatoms. The van der Waals surface area contributed by atoms with Crippen molar-refractivity contribution >= 4 is 0 Å². The number of para-hydroxylation sites is 1. The fraction of sp³-hybridized carbons (Fsp3) is 0.375. The number of rotatable bonds is 3. The van der Waals surface area contributed by atoms with Crippen molar-refractivity contribution in [3.05, 3.63) is 53.0 Å². The van der Waals surface area contributed by atoms with Gasteiger partial charge in [0, 0.05) is 5.56 Å². The van der Waals surface area contributed by atoms with Crippen LogP contribution in [0.3, 0.4) is 0 Å². The highest BCUT2D eigenvalue weighted by Gasteiger charge is 2.23. The first-order valence-corrected chi connectivity index (χ1v) is 6.78. The van der Waals surface area contributed by atoms with Gasteiger partial charge in [-0.25, -0.2) is 0 Å². The van der Waals surface area contributed by atoms with E-state index >= 15 is 0 Å². The van der Waals surface area contributed by atoms with E-state index in [1.165, 1.54) is 5.56 Å². The summed E-state index contributed by atoms with van der Waals surface area (Å²) < 4.78 is 11.6. The lowest BCUT2D eigenvalue weighted by molar-refractivity contribution is 0.282. The zero-order chi connectivity index (χ0) is 13.2. The molecular weight excluding hydrogens is 238 g/mol. The number of nitrogens with one attached hydrogen (secondary N) is 1. The van der Waals surface area contributed by atoms with Crippen LogP contribution in [-0.2, 0) is 6.42 Å². The highest BCUT2D eigenvalue weighted by molar-refractivity contribution is 5.46. The lowest BCUT2D eigenvalue weighted by atomic mass is 9.97. The second kappa shape index (κ2) is 5.10. The average Bonchev–Trinajstić information content (AvgIpc) is 2.86. The third-order valence-corrected chi connectivity index (χ3v) is 3.61. The highest BCUT2D eigenvalue weighted by Crippen LogP contribution is 2.35. The highest BCUT2D eigenvalue weighted by atomic mass is 16.5. The van der Waals surface area contributed by atoms with Gasteiger partial charge in [0.1, 0.15) is 17.3 Å². The van der Waals surface area contributed by atoms with Crippen LogP contribution in [0.4, 0.5) is 0 Å². The molecule has 3 nitrogen and oxygen atoms in total. The molecule has 1 aliphatic heterocycles. The van der Waals surface area contributed by atoms with Gasteiger partial charge >= 0.3 is 0 Å². The Balaban J connectivity index is 2.04. The Labute approximate surface area is 113 Å². The fourth-order valence-electron chi connectivity index (χ4n) is 2.70. The summed E-state index contributed by atoms with van der Waals surface area (Å²) in [7, 11) is 1.95. The summed E-state index contributed by atoms with van der Waals surface area (Å²) in [6.45, 7) is 2.77. The summed E-state index contributed by atoms with van der Waals surface area (Å²) in [5.74, 6) is 2.89. The molecule has 1 aromatic heterocycles. The quantitative estimate of drug-likeness (QED) is 0.916. The van der Waals surface area contributed by atoms with Crippen LogP contribution in [0.1, 0.15) is 35.1 Å². The Morgan fingerprint density at radius 1 is 1.21 bits per heavy atom. The SMILES string of the molecule is CNC(c1ccc(C)o1)c1cccc2c1OCCC2. The third-order valence-electron chi connectivity index (χ3n) is 3.61. The van der Waals surface area contributed by atoms with Crippen molar-refractivity contribution in [1.82, 2.24) is 5.32 Å². The second-order valence-corrected chi connectivity index (χ2v) is 4.96. The molecule has 0 saturated heterocycles. The maximum absolute atomic E-state index is 5.88. The molecule has 1 atom stereocenters. The van der Waals surface area contributed by atoms with Crippen molar-refractivity contribution in [2.45, 2.75) is 25.8 Å². The minimum Gasteiger partial charge on any atom is -0.493 e. The standard InChI is InChI=1S/C16H19NO2/c1-11-8-9-14(19-11)15(17-2)13-7-3-5-12-6-4-10-18-16(12)13/h3,5,7-9,15,17H,4,6,10H2,1-2H3. The van der Waals surface area contributed by atoms with Crippen LogP contribution >= 0.6 is 0 Å². The maximum Gasteiger partial charge on any atom is 0.127 e. The average molecular weight is 257 g/mol. The molecule has 0 aliphatic carbocycles. The minimum absolute atomic E-state index is 0.0433. The van der Waals surface area contributed by atoms with Crippen molar-refractivity contribution in [3.8, 4) is 5.75 Å². The summed E-state index contributed by atoms with van der Waals surface area (Å²) in [6.07, 6.45) is 2.19. The first-order chi connectivity index (χ1) is 9.29. The van der Waals surface area contributed by atoms with E-state index in [0.717, 1.165) is 42.3 Å². The van der Waals surface area contributed by atoms with E-state index in [1.807, 2.05) is 26.1 Å². The second-order valence-electron chi connectivity index (χ2n) is 4.96. The Bertz CT molecular complexity index is 574. The van der Waals surface area contributed by atoms with E-state index in [-0.39, 0.29) is 6.04 Å². The van der Waals surface area contributed by atoms with Crippen LogP contribution in [0.2, 0.25) is 0 Å². The van der Waals surface area contributed by atoms with Crippen LogP contribution < -0.4 is 10.1 Å². The lowest BCUT2D eigenvalue weighted by Crippen LogP contribution is -2.20. The topological polar surface area (TPSA) is 34.4 Å². The molecule has 0 spiro atoms. The van der Waals surface area contributed by atoms with E-state index in [1.54, 1.807) is 0 Å². The normalized spacial score (nSPS) is 15.7. The predicted octanol–water partition coefficient (Wildman–Crippen LogP) is 3.22. The lowest BCUT2D eigenvalue weighted by Gasteiger charge is -2.24. The third kappa shape index (κ3) is 2.26. The molecule has 0 radical (unpaired) electrons. The van der Waals surface area contributed by atoms with E-state index in [2.05, 4.69) is 23.5 Å². The van der Waals surface area contributed by atoms with Gasteiger partial charge in [0.25, 0.3) is 0 Å². The Hall–Kier alpha value is -1.74. The summed E-state index contributed by atoms with van der Waals surface area (Å²) >= 11 is 0. The van der Waals surface area contributed by atoms with Gasteiger partial charge in [0.05, 0.1) is 12.6 Å². The van der Waals surface area contributed by atoms with E-state index in [4.69, 9.17) is 9.15 Å². The molecule has 19 heavy (non-hydrogen) atoms. The minimum atomic E-state index is 0.0433. The molecule has 0 saturated carbocycles. The number of fused-ring (bicyclic) bond motifs is 1. The molecule has 1 aromatic carbocycles. The summed E-state index contributed by atoms with van der Waals surface area (Å²) in [6, 6.07) is 10.4. The van der Waals surface area contributed by atoms with Gasteiger partial charge in [-0.2, -0.15) is 0 Å². The van der Waals surface area contributed by atoms with Crippen molar-refractivity contribution in [3.63, 3.8) is 0 Å². The van der Waals surface area contributed by atoms with Crippen LogP contribution in [0.15, 0.2) is 34.7 Å². The largest absolute Gasteiger partial charge is 0.493 e. The molecular formula is C16H19NO2. The predicted molar refractivity (Wildman–Crippen MR) is 74.6 cm³/mol.